The minimum atomic E-state index is -0.165. The summed E-state index contributed by atoms with van der Waals surface area (Å²) in [5.41, 5.74) is 7.19. The fourth-order valence-corrected chi connectivity index (χ4v) is 3.75. The van der Waals surface area contributed by atoms with E-state index in [9.17, 15) is 0 Å². The summed E-state index contributed by atoms with van der Waals surface area (Å²) in [6, 6.07) is 9.61. The van der Waals surface area contributed by atoms with Gasteiger partial charge in [0.15, 0.2) is 0 Å². The van der Waals surface area contributed by atoms with Gasteiger partial charge in [-0.3, -0.25) is 0 Å². The van der Waals surface area contributed by atoms with Crippen LogP contribution in [-0.2, 0) is 0 Å². The lowest BCUT2D eigenvalue weighted by Gasteiger charge is -2.12. The molecule has 0 aliphatic carbocycles. The highest BCUT2D eigenvalue weighted by Gasteiger charge is 2.16. The zero-order valence-electron chi connectivity index (χ0n) is 8.71. The van der Waals surface area contributed by atoms with Gasteiger partial charge in [-0.05, 0) is 40.5 Å². The first-order valence-electron chi connectivity index (χ1n) is 4.85. The first-order chi connectivity index (χ1) is 7.59. The van der Waals surface area contributed by atoms with Crippen LogP contribution in [0.5, 0.6) is 0 Å². The summed E-state index contributed by atoms with van der Waals surface area (Å²) in [7, 11) is 0. The third-order valence-electron chi connectivity index (χ3n) is 2.36. The van der Waals surface area contributed by atoms with Gasteiger partial charge in [0.25, 0.3) is 0 Å². The van der Waals surface area contributed by atoms with Crippen molar-refractivity contribution in [2.75, 3.05) is 0 Å². The molecular formula is C12H11BrClNS. The second kappa shape index (κ2) is 4.88. The van der Waals surface area contributed by atoms with Gasteiger partial charge in [0, 0.05) is 19.2 Å². The predicted molar refractivity (Wildman–Crippen MR) is 74.2 cm³/mol. The van der Waals surface area contributed by atoms with E-state index in [1.165, 1.54) is 4.88 Å². The second-order valence-electron chi connectivity index (χ2n) is 3.57. The Bertz CT molecular complexity index is 509. The van der Waals surface area contributed by atoms with E-state index >= 15 is 0 Å². The van der Waals surface area contributed by atoms with Crippen LogP contribution in [0.1, 0.15) is 21.4 Å². The number of rotatable bonds is 2. The SMILES string of the molecule is Cc1cc(Br)c(C(N)c2ccccc2Cl)s1. The van der Waals surface area contributed by atoms with Crippen molar-refractivity contribution in [3.63, 3.8) is 0 Å². The highest BCUT2D eigenvalue weighted by Crippen LogP contribution is 2.36. The lowest BCUT2D eigenvalue weighted by Crippen LogP contribution is -2.11. The maximum Gasteiger partial charge on any atom is 0.0672 e. The van der Waals surface area contributed by atoms with E-state index in [4.69, 9.17) is 17.3 Å². The van der Waals surface area contributed by atoms with Gasteiger partial charge >= 0.3 is 0 Å². The smallest absolute Gasteiger partial charge is 0.0672 e. The van der Waals surface area contributed by atoms with Gasteiger partial charge in [-0.25, -0.2) is 0 Å². The van der Waals surface area contributed by atoms with Crippen molar-refractivity contribution in [1.82, 2.24) is 0 Å². The fraction of sp³-hybridized carbons (Fsp3) is 0.167. The minimum absolute atomic E-state index is 0.165. The number of hydrogen-bond donors (Lipinski definition) is 1. The highest BCUT2D eigenvalue weighted by atomic mass is 79.9. The molecule has 2 rings (SSSR count). The molecule has 0 fully saturated rings. The number of aryl methyl sites for hydroxylation is 1. The molecule has 1 aromatic heterocycles. The van der Waals surface area contributed by atoms with Crippen LogP contribution in [0.2, 0.25) is 5.02 Å². The van der Waals surface area contributed by atoms with Gasteiger partial charge in [-0.2, -0.15) is 0 Å². The minimum Gasteiger partial charge on any atom is -0.320 e. The summed E-state index contributed by atoms with van der Waals surface area (Å²) >= 11 is 11.4. The molecule has 0 aliphatic heterocycles. The van der Waals surface area contributed by atoms with Gasteiger partial charge in [0.1, 0.15) is 0 Å². The summed E-state index contributed by atoms with van der Waals surface area (Å²) < 4.78 is 1.06. The Morgan fingerprint density at radius 3 is 2.62 bits per heavy atom. The van der Waals surface area contributed by atoms with Crippen molar-refractivity contribution < 1.29 is 0 Å². The van der Waals surface area contributed by atoms with Gasteiger partial charge in [-0.15, -0.1) is 11.3 Å². The van der Waals surface area contributed by atoms with Gasteiger partial charge in [-0.1, -0.05) is 29.8 Å². The van der Waals surface area contributed by atoms with Crippen molar-refractivity contribution in [2.24, 2.45) is 5.73 Å². The molecular weight excluding hydrogens is 306 g/mol. The summed E-state index contributed by atoms with van der Waals surface area (Å²) in [4.78, 5) is 2.36. The molecule has 16 heavy (non-hydrogen) atoms. The Kier molecular flexibility index (Phi) is 3.70. The summed E-state index contributed by atoms with van der Waals surface area (Å²) in [5.74, 6) is 0. The molecule has 4 heteroatoms. The molecule has 1 atom stereocenters. The van der Waals surface area contributed by atoms with Crippen LogP contribution in [0, 0.1) is 6.92 Å². The molecule has 1 unspecified atom stereocenters. The van der Waals surface area contributed by atoms with Crippen LogP contribution in [0.4, 0.5) is 0 Å². The van der Waals surface area contributed by atoms with Crippen LogP contribution in [0.25, 0.3) is 0 Å². The van der Waals surface area contributed by atoms with Gasteiger partial charge in [0.2, 0.25) is 0 Å². The molecule has 0 spiro atoms. The molecule has 2 N–H and O–H groups in total. The Labute approximate surface area is 112 Å². The Hall–Kier alpha value is -0.350. The molecule has 2 aromatic rings. The van der Waals surface area contributed by atoms with E-state index in [-0.39, 0.29) is 6.04 Å². The molecule has 0 aliphatic rings. The molecule has 1 heterocycles. The zero-order chi connectivity index (χ0) is 11.7. The average molecular weight is 317 g/mol. The first kappa shape index (κ1) is 12.1. The molecule has 1 nitrogen and oxygen atoms in total. The number of hydrogen-bond acceptors (Lipinski definition) is 2. The molecule has 0 saturated heterocycles. The van der Waals surface area contributed by atoms with Crippen LogP contribution in [0.3, 0.4) is 0 Å². The highest BCUT2D eigenvalue weighted by molar-refractivity contribution is 9.10. The molecule has 1 aromatic carbocycles. The Balaban J connectivity index is 2.43. The Morgan fingerprint density at radius 2 is 2.06 bits per heavy atom. The average Bonchev–Trinajstić information content (AvgIpc) is 2.58. The van der Waals surface area contributed by atoms with Crippen LogP contribution < -0.4 is 5.73 Å². The molecule has 0 radical (unpaired) electrons. The molecule has 0 amide bonds. The molecule has 0 saturated carbocycles. The number of thiophene rings is 1. The van der Waals surface area contributed by atoms with Gasteiger partial charge < -0.3 is 5.73 Å². The third kappa shape index (κ3) is 2.33. The van der Waals surface area contributed by atoms with Crippen LogP contribution in [0.15, 0.2) is 34.8 Å². The van der Waals surface area contributed by atoms with Crippen molar-refractivity contribution in [3.05, 3.63) is 55.1 Å². The lowest BCUT2D eigenvalue weighted by molar-refractivity contribution is 0.889. The van der Waals surface area contributed by atoms with Crippen molar-refractivity contribution in [3.8, 4) is 0 Å². The van der Waals surface area contributed by atoms with E-state index < -0.39 is 0 Å². The number of nitrogens with two attached hydrogens (primary N) is 1. The number of halogens is 2. The summed E-state index contributed by atoms with van der Waals surface area (Å²) in [6.45, 7) is 2.07. The number of benzene rings is 1. The van der Waals surface area contributed by atoms with Crippen molar-refractivity contribution in [1.29, 1.82) is 0 Å². The van der Waals surface area contributed by atoms with Crippen LogP contribution in [-0.4, -0.2) is 0 Å². The van der Waals surface area contributed by atoms with Crippen LogP contribution >= 0.6 is 38.9 Å². The van der Waals surface area contributed by atoms with E-state index in [1.807, 2.05) is 24.3 Å². The first-order valence-corrected chi connectivity index (χ1v) is 6.84. The predicted octanol–water partition coefficient (Wildman–Crippen LogP) is 4.52. The van der Waals surface area contributed by atoms with Crippen molar-refractivity contribution >= 4 is 38.9 Å². The topological polar surface area (TPSA) is 26.0 Å². The maximum absolute atomic E-state index is 6.23. The van der Waals surface area contributed by atoms with E-state index in [2.05, 4.69) is 28.9 Å². The van der Waals surface area contributed by atoms with E-state index in [0.717, 1.165) is 14.9 Å². The Morgan fingerprint density at radius 1 is 1.38 bits per heavy atom. The largest absolute Gasteiger partial charge is 0.320 e. The normalized spacial score (nSPS) is 12.8. The quantitative estimate of drug-likeness (QED) is 0.866. The zero-order valence-corrected chi connectivity index (χ0v) is 11.9. The molecule has 84 valence electrons. The lowest BCUT2D eigenvalue weighted by atomic mass is 10.1. The fourth-order valence-electron chi connectivity index (χ4n) is 1.58. The van der Waals surface area contributed by atoms with E-state index in [1.54, 1.807) is 11.3 Å². The second-order valence-corrected chi connectivity index (χ2v) is 6.12. The van der Waals surface area contributed by atoms with E-state index in [0.29, 0.717) is 5.02 Å². The van der Waals surface area contributed by atoms with Crippen molar-refractivity contribution in [2.45, 2.75) is 13.0 Å². The summed E-state index contributed by atoms with van der Waals surface area (Å²) in [6.07, 6.45) is 0. The summed E-state index contributed by atoms with van der Waals surface area (Å²) in [5, 5.41) is 0.716. The standard InChI is InChI=1S/C12H11BrClNS/c1-7-6-9(13)12(16-7)11(15)8-4-2-3-5-10(8)14/h2-6,11H,15H2,1H3. The van der Waals surface area contributed by atoms with Gasteiger partial charge in [0.05, 0.1) is 6.04 Å². The monoisotopic (exact) mass is 315 g/mol. The third-order valence-corrected chi connectivity index (χ3v) is 4.76. The maximum atomic E-state index is 6.23. The molecule has 0 bridgehead atoms.